The molecular weight excluding hydrogens is 353 g/mol. The predicted molar refractivity (Wildman–Crippen MR) is 93.9 cm³/mol. The second-order valence-corrected chi connectivity index (χ2v) is 6.78. The Balaban J connectivity index is 2.35. The summed E-state index contributed by atoms with van der Waals surface area (Å²) in [5.41, 5.74) is 2.68. The lowest BCUT2D eigenvalue weighted by atomic mass is 9.93. The van der Waals surface area contributed by atoms with Gasteiger partial charge in [0.1, 0.15) is 6.61 Å². The van der Waals surface area contributed by atoms with E-state index in [0.717, 1.165) is 11.3 Å². The molecule has 1 aromatic heterocycles. The van der Waals surface area contributed by atoms with Crippen LogP contribution in [0.2, 0.25) is 10.0 Å². The minimum absolute atomic E-state index is 0.0533. The maximum atomic E-state index is 12.3. The number of fused-ring (bicyclic) bond motifs is 3. The fourth-order valence-electron chi connectivity index (χ4n) is 3.13. The van der Waals surface area contributed by atoms with Crippen molar-refractivity contribution >= 4 is 51.6 Å². The molecule has 2 heterocycles. The van der Waals surface area contributed by atoms with Gasteiger partial charge in [-0.15, -0.1) is 0 Å². The summed E-state index contributed by atoms with van der Waals surface area (Å²) in [6, 6.07) is 1.54. The van der Waals surface area contributed by atoms with E-state index < -0.39 is 18.4 Å². The molecule has 1 aromatic carbocycles. The quantitative estimate of drug-likeness (QED) is 0.655. The normalized spacial score (nSPS) is 20.5. The van der Waals surface area contributed by atoms with E-state index in [9.17, 15) is 9.59 Å². The Morgan fingerprint density at radius 1 is 1.42 bits per heavy atom. The molecule has 8 heteroatoms. The van der Waals surface area contributed by atoms with Gasteiger partial charge in [-0.05, 0) is 18.6 Å². The molecule has 2 aromatic rings. The average Bonchev–Trinajstić information content (AvgIpc) is 2.92. The van der Waals surface area contributed by atoms with Gasteiger partial charge < -0.3 is 20.7 Å². The van der Waals surface area contributed by atoms with Gasteiger partial charge in [0.2, 0.25) is 11.8 Å². The zero-order valence-electron chi connectivity index (χ0n) is 13.2. The van der Waals surface area contributed by atoms with Gasteiger partial charge in [0, 0.05) is 23.5 Å². The van der Waals surface area contributed by atoms with Crippen molar-refractivity contribution in [1.82, 2.24) is 10.3 Å². The molecule has 3 rings (SSSR count). The summed E-state index contributed by atoms with van der Waals surface area (Å²) < 4.78 is 0. The zero-order valence-corrected chi connectivity index (χ0v) is 14.7. The molecule has 2 amide bonds. The molecule has 24 heavy (non-hydrogen) atoms. The first-order valence-corrected chi connectivity index (χ1v) is 8.32. The Bertz CT molecular complexity index is 847. The molecular formula is C16H17Cl2N3O3. The average molecular weight is 370 g/mol. The van der Waals surface area contributed by atoms with E-state index in [4.69, 9.17) is 28.3 Å². The lowest BCUT2D eigenvalue weighted by Crippen LogP contribution is -2.27. The third-order valence-electron chi connectivity index (χ3n) is 4.36. The number of aliphatic hydroxyl groups excluding tert-OH is 1. The first-order chi connectivity index (χ1) is 11.3. The van der Waals surface area contributed by atoms with Crippen molar-refractivity contribution in [3.63, 3.8) is 0 Å². The number of anilines is 1. The van der Waals surface area contributed by atoms with Crippen LogP contribution < -0.4 is 10.6 Å². The molecule has 0 spiro atoms. The molecule has 1 aliphatic heterocycles. The number of aliphatic hydroxyl groups is 1. The molecule has 6 nitrogen and oxygen atoms in total. The minimum Gasteiger partial charge on any atom is -0.387 e. The summed E-state index contributed by atoms with van der Waals surface area (Å²) in [5.74, 6) is -1.02. The molecule has 0 aliphatic carbocycles. The van der Waals surface area contributed by atoms with Crippen LogP contribution in [0.15, 0.2) is 6.07 Å². The van der Waals surface area contributed by atoms with Gasteiger partial charge in [0.05, 0.1) is 27.2 Å². The third-order valence-corrected chi connectivity index (χ3v) is 5.15. The fraction of sp³-hybridized carbons (Fsp3) is 0.375. The number of carbonyl (C=O) groups excluding carboxylic acids is 2. The number of nitrogens with one attached hydrogen (secondary N) is 3. The highest BCUT2D eigenvalue weighted by atomic mass is 35.5. The molecule has 0 bridgehead atoms. The summed E-state index contributed by atoms with van der Waals surface area (Å²) in [6.45, 7) is 3.65. The van der Waals surface area contributed by atoms with Crippen LogP contribution >= 0.6 is 23.2 Å². The Morgan fingerprint density at radius 3 is 2.79 bits per heavy atom. The maximum absolute atomic E-state index is 12.3. The Kier molecular flexibility index (Phi) is 4.46. The van der Waals surface area contributed by atoms with Crippen molar-refractivity contribution in [1.29, 1.82) is 0 Å². The molecule has 0 radical (unpaired) electrons. The van der Waals surface area contributed by atoms with Gasteiger partial charge in [-0.25, -0.2) is 0 Å². The number of aromatic amines is 1. The highest BCUT2D eigenvalue weighted by Gasteiger charge is 2.31. The lowest BCUT2D eigenvalue weighted by molar-refractivity contribution is -0.122. The SMILES string of the molecule is CC1C(=O)NC[C@H](C)c2[nH]c3c(Cl)c(Cl)cc(NC(=O)CO)c3c21. The van der Waals surface area contributed by atoms with Gasteiger partial charge in [0.25, 0.3) is 0 Å². The molecule has 4 N–H and O–H groups in total. The van der Waals surface area contributed by atoms with Gasteiger partial charge in [-0.3, -0.25) is 9.59 Å². The molecule has 0 saturated carbocycles. The maximum Gasteiger partial charge on any atom is 0.250 e. The molecule has 128 valence electrons. The van der Waals surface area contributed by atoms with Gasteiger partial charge in [0.15, 0.2) is 0 Å². The van der Waals surface area contributed by atoms with Gasteiger partial charge in [-0.2, -0.15) is 0 Å². The summed E-state index contributed by atoms with van der Waals surface area (Å²) in [5, 5.41) is 15.8. The molecule has 1 unspecified atom stereocenters. The van der Waals surface area contributed by atoms with Crippen molar-refractivity contribution in [3.05, 3.63) is 27.4 Å². The van der Waals surface area contributed by atoms with Crippen LogP contribution in [0.3, 0.4) is 0 Å². The van der Waals surface area contributed by atoms with Crippen LogP contribution in [0.5, 0.6) is 0 Å². The van der Waals surface area contributed by atoms with Crippen LogP contribution in [0.4, 0.5) is 5.69 Å². The Hall–Kier alpha value is -1.76. The molecule has 2 atom stereocenters. The summed E-state index contributed by atoms with van der Waals surface area (Å²) in [6.07, 6.45) is 0. The molecule has 1 aliphatic rings. The van der Waals surface area contributed by atoms with Crippen LogP contribution in [0.1, 0.15) is 36.9 Å². The number of benzene rings is 1. The zero-order chi connectivity index (χ0) is 17.6. The van der Waals surface area contributed by atoms with E-state index in [-0.39, 0.29) is 16.8 Å². The van der Waals surface area contributed by atoms with Crippen molar-refractivity contribution in [2.75, 3.05) is 18.5 Å². The van der Waals surface area contributed by atoms with Gasteiger partial charge in [-0.1, -0.05) is 30.1 Å². The summed E-state index contributed by atoms with van der Waals surface area (Å²) in [7, 11) is 0. The first-order valence-electron chi connectivity index (χ1n) is 7.57. The number of hydrogen-bond donors (Lipinski definition) is 4. The van der Waals surface area contributed by atoms with E-state index in [1.807, 2.05) is 6.92 Å². The van der Waals surface area contributed by atoms with Crippen LogP contribution in [-0.2, 0) is 9.59 Å². The minimum atomic E-state index is -0.652. The number of amides is 2. The standard InChI is InChI=1S/C16H17Cl2N3O3/c1-6-4-19-16(24)7(2)11-12-9(20-10(23)5-22)3-8(17)13(18)15(12)21-14(6)11/h3,6-7,21-22H,4-5H2,1-2H3,(H,19,24)(H,20,23)/t6-,7?/m0/s1. The van der Waals surface area contributed by atoms with Crippen molar-refractivity contribution in [2.45, 2.75) is 25.7 Å². The number of hydrogen-bond acceptors (Lipinski definition) is 3. The second kappa shape index (κ2) is 6.27. The Morgan fingerprint density at radius 2 is 2.12 bits per heavy atom. The van der Waals surface area contributed by atoms with E-state index in [0.29, 0.717) is 28.2 Å². The molecule has 0 fully saturated rings. The van der Waals surface area contributed by atoms with Crippen molar-refractivity contribution in [3.8, 4) is 0 Å². The lowest BCUT2D eigenvalue weighted by Gasteiger charge is -2.13. The predicted octanol–water partition coefficient (Wildman–Crippen LogP) is 2.74. The van der Waals surface area contributed by atoms with Gasteiger partial charge >= 0.3 is 0 Å². The highest BCUT2D eigenvalue weighted by molar-refractivity contribution is 6.45. The monoisotopic (exact) mass is 369 g/mol. The van der Waals surface area contributed by atoms with Crippen LogP contribution in [0, 0.1) is 0 Å². The second-order valence-electron chi connectivity index (χ2n) is 6.00. The van der Waals surface area contributed by atoms with Crippen molar-refractivity contribution in [2.24, 2.45) is 0 Å². The van der Waals surface area contributed by atoms with Crippen LogP contribution in [-0.4, -0.2) is 35.1 Å². The number of halogens is 2. The fourth-order valence-corrected chi connectivity index (χ4v) is 3.53. The third kappa shape index (κ3) is 2.64. The highest BCUT2D eigenvalue weighted by Crippen LogP contribution is 2.44. The number of H-pyrrole nitrogens is 1. The number of aromatic nitrogens is 1. The van der Waals surface area contributed by atoms with E-state index in [1.54, 1.807) is 6.92 Å². The van der Waals surface area contributed by atoms with E-state index in [2.05, 4.69) is 15.6 Å². The largest absolute Gasteiger partial charge is 0.387 e. The Labute approximate surface area is 148 Å². The molecule has 0 saturated heterocycles. The number of rotatable bonds is 2. The van der Waals surface area contributed by atoms with Crippen molar-refractivity contribution < 1.29 is 14.7 Å². The number of carbonyl (C=O) groups is 2. The smallest absolute Gasteiger partial charge is 0.250 e. The summed E-state index contributed by atoms with van der Waals surface area (Å²) >= 11 is 12.5. The topological polar surface area (TPSA) is 94.2 Å². The van der Waals surface area contributed by atoms with E-state index >= 15 is 0 Å². The van der Waals surface area contributed by atoms with Crippen LogP contribution in [0.25, 0.3) is 10.9 Å². The van der Waals surface area contributed by atoms with E-state index in [1.165, 1.54) is 6.07 Å². The summed E-state index contributed by atoms with van der Waals surface area (Å²) in [4.78, 5) is 27.2. The first kappa shape index (κ1) is 17.1.